The number of nitrogens with one attached hydrogen (secondary N) is 2. The number of hydrogen-bond acceptors (Lipinski definition) is 5. The SMILES string of the molecule is CCNC(=O)C(C)NC(=O)c1cc(COc2ccc(OC)cc2)oc1C. The van der Waals surface area contributed by atoms with Crippen LogP contribution >= 0.6 is 0 Å². The Balaban J connectivity index is 1.96. The van der Waals surface area contributed by atoms with Crippen LogP contribution in [0.1, 0.15) is 35.7 Å². The molecule has 0 radical (unpaired) electrons. The van der Waals surface area contributed by atoms with Crippen LogP contribution in [0.2, 0.25) is 0 Å². The van der Waals surface area contributed by atoms with E-state index in [1.54, 1.807) is 51.3 Å². The zero-order chi connectivity index (χ0) is 19.1. The largest absolute Gasteiger partial charge is 0.497 e. The number of methoxy groups -OCH3 is 1. The van der Waals surface area contributed by atoms with Gasteiger partial charge in [-0.1, -0.05) is 0 Å². The molecule has 0 saturated heterocycles. The third kappa shape index (κ3) is 5.02. The lowest BCUT2D eigenvalue weighted by Gasteiger charge is -2.12. The summed E-state index contributed by atoms with van der Waals surface area (Å²) >= 11 is 0. The Morgan fingerprint density at radius 2 is 1.85 bits per heavy atom. The number of ether oxygens (including phenoxy) is 2. The van der Waals surface area contributed by atoms with Crippen LogP contribution in [-0.2, 0) is 11.4 Å². The second kappa shape index (κ2) is 8.94. The smallest absolute Gasteiger partial charge is 0.255 e. The zero-order valence-electron chi connectivity index (χ0n) is 15.4. The van der Waals surface area contributed by atoms with E-state index in [9.17, 15) is 9.59 Å². The number of hydrogen-bond donors (Lipinski definition) is 2. The molecule has 2 amide bonds. The first kappa shape index (κ1) is 19.4. The van der Waals surface area contributed by atoms with E-state index in [0.29, 0.717) is 29.4 Å². The molecule has 2 aromatic rings. The van der Waals surface area contributed by atoms with E-state index in [0.717, 1.165) is 5.75 Å². The Morgan fingerprint density at radius 3 is 2.46 bits per heavy atom. The fourth-order valence-corrected chi connectivity index (χ4v) is 2.33. The topological polar surface area (TPSA) is 89.8 Å². The number of aryl methyl sites for hydroxylation is 1. The summed E-state index contributed by atoms with van der Waals surface area (Å²) in [6, 6.07) is 8.16. The normalized spacial score (nSPS) is 11.5. The van der Waals surface area contributed by atoms with Crippen molar-refractivity contribution in [1.82, 2.24) is 10.6 Å². The maximum absolute atomic E-state index is 12.3. The standard InChI is InChI=1S/C19H24N2O5/c1-5-20-18(22)12(2)21-19(23)17-10-16(26-13(17)3)11-25-15-8-6-14(24-4)7-9-15/h6-10,12H,5,11H2,1-4H3,(H,20,22)(H,21,23). The fraction of sp³-hybridized carbons (Fsp3) is 0.368. The Labute approximate surface area is 152 Å². The van der Waals surface area contributed by atoms with Crippen LogP contribution in [-0.4, -0.2) is 31.5 Å². The van der Waals surface area contributed by atoms with Crippen molar-refractivity contribution in [3.05, 3.63) is 47.4 Å². The van der Waals surface area contributed by atoms with Crippen molar-refractivity contribution in [2.75, 3.05) is 13.7 Å². The van der Waals surface area contributed by atoms with Crippen molar-refractivity contribution < 1.29 is 23.5 Å². The maximum atomic E-state index is 12.3. The Kier molecular flexibility index (Phi) is 6.66. The number of furan rings is 1. The highest BCUT2D eigenvalue weighted by Crippen LogP contribution is 2.20. The van der Waals surface area contributed by atoms with E-state index in [-0.39, 0.29) is 18.4 Å². The molecule has 26 heavy (non-hydrogen) atoms. The van der Waals surface area contributed by atoms with Crippen molar-refractivity contribution in [3.63, 3.8) is 0 Å². The van der Waals surface area contributed by atoms with Crippen molar-refractivity contribution in [3.8, 4) is 11.5 Å². The summed E-state index contributed by atoms with van der Waals surface area (Å²) in [5.41, 5.74) is 0.384. The third-order valence-corrected chi connectivity index (χ3v) is 3.75. The summed E-state index contributed by atoms with van der Waals surface area (Å²) in [6.45, 7) is 5.85. The molecule has 7 nitrogen and oxygen atoms in total. The van der Waals surface area contributed by atoms with Gasteiger partial charge in [-0.3, -0.25) is 9.59 Å². The van der Waals surface area contributed by atoms with Gasteiger partial charge in [0, 0.05) is 6.54 Å². The van der Waals surface area contributed by atoms with Gasteiger partial charge in [0.1, 0.15) is 35.7 Å². The van der Waals surface area contributed by atoms with Crippen molar-refractivity contribution in [1.29, 1.82) is 0 Å². The molecule has 0 aliphatic heterocycles. The summed E-state index contributed by atoms with van der Waals surface area (Å²) in [7, 11) is 1.60. The van der Waals surface area contributed by atoms with E-state index in [2.05, 4.69) is 10.6 Å². The lowest BCUT2D eigenvalue weighted by Crippen LogP contribution is -2.44. The predicted molar refractivity (Wildman–Crippen MR) is 96.4 cm³/mol. The van der Waals surface area contributed by atoms with Gasteiger partial charge in [0.15, 0.2) is 0 Å². The van der Waals surface area contributed by atoms with Gasteiger partial charge in [0.05, 0.1) is 12.7 Å². The number of rotatable bonds is 8. The zero-order valence-corrected chi connectivity index (χ0v) is 15.4. The summed E-state index contributed by atoms with van der Waals surface area (Å²) in [5.74, 6) is 1.81. The monoisotopic (exact) mass is 360 g/mol. The van der Waals surface area contributed by atoms with Crippen LogP contribution in [0, 0.1) is 6.92 Å². The molecule has 2 rings (SSSR count). The Hall–Kier alpha value is -2.96. The van der Waals surface area contributed by atoms with Gasteiger partial charge in [-0.25, -0.2) is 0 Å². The molecule has 1 aromatic heterocycles. The van der Waals surface area contributed by atoms with Gasteiger partial charge in [-0.05, 0) is 51.1 Å². The highest BCUT2D eigenvalue weighted by molar-refractivity contribution is 5.98. The molecule has 0 fully saturated rings. The summed E-state index contributed by atoms with van der Waals surface area (Å²) in [5, 5.41) is 5.32. The van der Waals surface area contributed by atoms with E-state index in [4.69, 9.17) is 13.9 Å². The molecule has 0 bridgehead atoms. The number of likely N-dealkylation sites (N-methyl/N-ethyl adjacent to an activating group) is 1. The predicted octanol–water partition coefficient (Wildman–Crippen LogP) is 2.43. The summed E-state index contributed by atoms with van der Waals surface area (Å²) in [6.07, 6.45) is 0. The number of benzene rings is 1. The fourth-order valence-electron chi connectivity index (χ4n) is 2.33. The summed E-state index contributed by atoms with van der Waals surface area (Å²) in [4.78, 5) is 24.1. The van der Waals surface area contributed by atoms with E-state index < -0.39 is 6.04 Å². The van der Waals surface area contributed by atoms with Crippen LogP contribution < -0.4 is 20.1 Å². The lowest BCUT2D eigenvalue weighted by molar-refractivity contribution is -0.122. The molecule has 1 heterocycles. The third-order valence-electron chi connectivity index (χ3n) is 3.75. The number of carbonyl (C=O) groups is 2. The first-order valence-corrected chi connectivity index (χ1v) is 8.39. The summed E-state index contributed by atoms with van der Waals surface area (Å²) < 4.78 is 16.3. The van der Waals surface area contributed by atoms with Gasteiger partial charge < -0.3 is 24.5 Å². The molecule has 1 unspecified atom stereocenters. The molecule has 0 saturated carbocycles. The van der Waals surface area contributed by atoms with E-state index in [1.807, 2.05) is 6.92 Å². The van der Waals surface area contributed by atoms with E-state index >= 15 is 0 Å². The molecular formula is C19H24N2O5. The Morgan fingerprint density at radius 1 is 1.19 bits per heavy atom. The molecule has 1 aromatic carbocycles. The number of carbonyl (C=O) groups excluding carboxylic acids is 2. The molecule has 7 heteroatoms. The average Bonchev–Trinajstić information content (AvgIpc) is 3.01. The second-order valence-corrected chi connectivity index (χ2v) is 5.74. The minimum Gasteiger partial charge on any atom is -0.497 e. The maximum Gasteiger partial charge on any atom is 0.255 e. The molecule has 140 valence electrons. The van der Waals surface area contributed by atoms with Gasteiger partial charge in [0.2, 0.25) is 5.91 Å². The van der Waals surface area contributed by atoms with E-state index in [1.165, 1.54) is 0 Å². The molecule has 0 spiro atoms. The van der Waals surface area contributed by atoms with Crippen molar-refractivity contribution in [2.24, 2.45) is 0 Å². The van der Waals surface area contributed by atoms with Gasteiger partial charge >= 0.3 is 0 Å². The Bertz CT molecular complexity index is 752. The van der Waals surface area contributed by atoms with Crippen LogP contribution in [0.3, 0.4) is 0 Å². The molecule has 0 aliphatic rings. The van der Waals surface area contributed by atoms with Crippen LogP contribution in [0.25, 0.3) is 0 Å². The van der Waals surface area contributed by atoms with Crippen LogP contribution in [0.5, 0.6) is 11.5 Å². The van der Waals surface area contributed by atoms with Gasteiger partial charge in [-0.2, -0.15) is 0 Å². The average molecular weight is 360 g/mol. The molecular weight excluding hydrogens is 336 g/mol. The first-order chi connectivity index (χ1) is 12.4. The molecule has 1 atom stereocenters. The van der Waals surface area contributed by atoms with Crippen molar-refractivity contribution in [2.45, 2.75) is 33.4 Å². The van der Waals surface area contributed by atoms with Gasteiger partial charge in [-0.15, -0.1) is 0 Å². The molecule has 0 aliphatic carbocycles. The van der Waals surface area contributed by atoms with Gasteiger partial charge in [0.25, 0.3) is 5.91 Å². The highest BCUT2D eigenvalue weighted by atomic mass is 16.5. The van der Waals surface area contributed by atoms with Crippen LogP contribution in [0.4, 0.5) is 0 Å². The van der Waals surface area contributed by atoms with Crippen LogP contribution in [0.15, 0.2) is 34.7 Å². The first-order valence-electron chi connectivity index (χ1n) is 8.39. The number of amides is 2. The quantitative estimate of drug-likeness (QED) is 0.755. The lowest BCUT2D eigenvalue weighted by atomic mass is 10.2. The molecule has 2 N–H and O–H groups in total. The minimum absolute atomic E-state index is 0.187. The highest BCUT2D eigenvalue weighted by Gasteiger charge is 2.20. The minimum atomic E-state index is -0.629. The van der Waals surface area contributed by atoms with Crippen molar-refractivity contribution >= 4 is 11.8 Å². The second-order valence-electron chi connectivity index (χ2n) is 5.74.